The third-order valence-corrected chi connectivity index (χ3v) is 4.58. The van der Waals surface area contributed by atoms with E-state index in [1.54, 1.807) is 0 Å². The molecule has 2 rings (SSSR count). The lowest BCUT2D eigenvalue weighted by molar-refractivity contribution is 0.00517. The van der Waals surface area contributed by atoms with Crippen molar-refractivity contribution in [3.8, 4) is 0 Å². The Hall–Kier alpha value is -1.60. The summed E-state index contributed by atoms with van der Waals surface area (Å²) in [4.78, 5) is 0. The molecule has 0 aliphatic rings. The second kappa shape index (κ2) is 6.44. The fraction of sp³-hybridized carbons (Fsp3) is 0.400. The fourth-order valence-corrected chi connectivity index (χ4v) is 2.88. The number of rotatable bonds is 4. The van der Waals surface area contributed by atoms with Gasteiger partial charge in [0.05, 0.1) is 12.2 Å². The van der Waals surface area contributed by atoms with E-state index in [0.29, 0.717) is 0 Å². The van der Waals surface area contributed by atoms with Crippen LogP contribution in [0, 0.1) is 27.7 Å². The van der Waals surface area contributed by atoms with Gasteiger partial charge in [-0.25, -0.2) is 0 Å². The minimum atomic E-state index is 0.0970. The molecule has 1 heteroatoms. The van der Waals surface area contributed by atoms with Gasteiger partial charge in [-0.05, 0) is 74.9 Å². The Balaban J connectivity index is 2.21. The maximum atomic E-state index is 6.29. The van der Waals surface area contributed by atoms with Gasteiger partial charge in [0, 0.05) is 0 Å². The highest BCUT2D eigenvalue weighted by atomic mass is 16.5. The van der Waals surface area contributed by atoms with Gasteiger partial charge < -0.3 is 4.74 Å². The first kappa shape index (κ1) is 15.8. The van der Waals surface area contributed by atoms with Crippen LogP contribution in [-0.4, -0.2) is 0 Å². The number of aryl methyl sites for hydroxylation is 2. The normalized spacial score (nSPS) is 14.0. The summed E-state index contributed by atoms with van der Waals surface area (Å²) < 4.78 is 6.29. The molecule has 112 valence electrons. The lowest BCUT2D eigenvalue weighted by Gasteiger charge is -2.23. The van der Waals surface area contributed by atoms with Gasteiger partial charge in [0.15, 0.2) is 0 Å². The maximum absolute atomic E-state index is 6.29. The third-order valence-electron chi connectivity index (χ3n) is 4.58. The molecule has 0 heterocycles. The number of hydrogen-bond acceptors (Lipinski definition) is 1. The summed E-state index contributed by atoms with van der Waals surface area (Å²) in [7, 11) is 0. The molecular weight excluding hydrogens is 256 g/mol. The van der Waals surface area contributed by atoms with Crippen LogP contribution in [0.5, 0.6) is 0 Å². The minimum absolute atomic E-state index is 0.0970. The highest BCUT2D eigenvalue weighted by Crippen LogP contribution is 2.30. The molecule has 2 atom stereocenters. The lowest BCUT2D eigenvalue weighted by Crippen LogP contribution is -2.08. The maximum Gasteiger partial charge on any atom is 0.0807 e. The molecule has 0 N–H and O–H groups in total. The van der Waals surface area contributed by atoms with Crippen LogP contribution in [0.3, 0.4) is 0 Å². The molecule has 0 aromatic heterocycles. The topological polar surface area (TPSA) is 9.23 Å². The molecule has 0 unspecified atom stereocenters. The molecule has 0 amide bonds. The average molecular weight is 282 g/mol. The second-order valence-electron chi connectivity index (χ2n) is 6.00. The van der Waals surface area contributed by atoms with Crippen LogP contribution in [0.1, 0.15) is 59.4 Å². The zero-order valence-electron chi connectivity index (χ0n) is 14.0. The molecule has 0 bridgehead atoms. The summed E-state index contributed by atoms with van der Waals surface area (Å²) in [5.41, 5.74) is 7.88. The Labute approximate surface area is 129 Å². The Bertz CT molecular complexity index is 572. The molecule has 0 aliphatic heterocycles. The molecule has 0 fully saturated rings. The molecule has 0 spiro atoms. The van der Waals surface area contributed by atoms with Gasteiger partial charge in [-0.3, -0.25) is 0 Å². The molecule has 1 nitrogen and oxygen atoms in total. The highest BCUT2D eigenvalue weighted by Gasteiger charge is 2.16. The van der Waals surface area contributed by atoms with E-state index >= 15 is 0 Å². The molecule has 0 saturated carbocycles. The summed E-state index contributed by atoms with van der Waals surface area (Å²) in [5, 5.41) is 0. The van der Waals surface area contributed by atoms with Gasteiger partial charge in [-0.1, -0.05) is 36.4 Å². The van der Waals surface area contributed by atoms with Crippen LogP contribution in [0.2, 0.25) is 0 Å². The van der Waals surface area contributed by atoms with E-state index in [0.717, 1.165) is 0 Å². The SMILES string of the molecule is Cc1cccc([C@H](C)O[C@H](C)c2cccc(C)c2C)c1C. The first-order valence-electron chi connectivity index (χ1n) is 7.69. The molecular formula is C20H26O. The van der Waals surface area contributed by atoms with Gasteiger partial charge in [0.25, 0.3) is 0 Å². The van der Waals surface area contributed by atoms with Gasteiger partial charge in [-0.2, -0.15) is 0 Å². The largest absolute Gasteiger partial charge is 0.366 e. The summed E-state index contributed by atoms with van der Waals surface area (Å²) in [5.74, 6) is 0. The Morgan fingerprint density at radius 2 is 1.05 bits per heavy atom. The van der Waals surface area contributed by atoms with Gasteiger partial charge in [-0.15, -0.1) is 0 Å². The molecule has 2 aromatic rings. The van der Waals surface area contributed by atoms with E-state index in [1.807, 2.05) is 0 Å². The second-order valence-corrected chi connectivity index (χ2v) is 6.00. The van der Waals surface area contributed by atoms with E-state index in [4.69, 9.17) is 4.74 Å². The Morgan fingerprint density at radius 1 is 0.667 bits per heavy atom. The Kier molecular flexibility index (Phi) is 4.84. The predicted molar refractivity (Wildman–Crippen MR) is 89.7 cm³/mol. The lowest BCUT2D eigenvalue weighted by atomic mass is 9.98. The van der Waals surface area contributed by atoms with Crippen molar-refractivity contribution in [2.24, 2.45) is 0 Å². The van der Waals surface area contributed by atoms with E-state index in [1.165, 1.54) is 33.4 Å². The van der Waals surface area contributed by atoms with Crippen molar-refractivity contribution in [1.82, 2.24) is 0 Å². The molecule has 0 radical (unpaired) electrons. The van der Waals surface area contributed by atoms with E-state index < -0.39 is 0 Å². The van der Waals surface area contributed by atoms with Crippen molar-refractivity contribution in [3.05, 3.63) is 69.8 Å². The summed E-state index contributed by atoms with van der Waals surface area (Å²) in [6, 6.07) is 12.9. The standard InChI is InChI=1S/C20H26O/c1-13-9-7-11-19(15(13)3)17(5)21-18(6)20-12-8-10-14(2)16(20)4/h7-12,17-18H,1-6H3/t17-,18+. The summed E-state index contributed by atoms with van der Waals surface area (Å²) >= 11 is 0. The van der Waals surface area contributed by atoms with Crippen molar-refractivity contribution in [3.63, 3.8) is 0 Å². The molecule has 2 aromatic carbocycles. The zero-order valence-corrected chi connectivity index (χ0v) is 14.0. The third kappa shape index (κ3) is 3.36. The van der Waals surface area contributed by atoms with Crippen molar-refractivity contribution >= 4 is 0 Å². The summed E-state index contributed by atoms with van der Waals surface area (Å²) in [6.45, 7) is 12.9. The van der Waals surface area contributed by atoms with Crippen LogP contribution in [0.25, 0.3) is 0 Å². The highest BCUT2D eigenvalue weighted by molar-refractivity contribution is 5.36. The molecule has 0 aliphatic carbocycles. The van der Waals surface area contributed by atoms with Gasteiger partial charge >= 0.3 is 0 Å². The quantitative estimate of drug-likeness (QED) is 0.692. The average Bonchev–Trinajstić information content (AvgIpc) is 2.44. The summed E-state index contributed by atoms with van der Waals surface area (Å²) in [6.07, 6.45) is 0.194. The number of benzene rings is 2. The van der Waals surface area contributed by atoms with E-state index in [2.05, 4.69) is 77.9 Å². The first-order valence-corrected chi connectivity index (χ1v) is 7.69. The van der Waals surface area contributed by atoms with Gasteiger partial charge in [0.1, 0.15) is 0 Å². The van der Waals surface area contributed by atoms with Crippen LogP contribution in [-0.2, 0) is 4.74 Å². The predicted octanol–water partition coefficient (Wildman–Crippen LogP) is 5.76. The first-order chi connectivity index (χ1) is 9.91. The molecule has 0 saturated heterocycles. The monoisotopic (exact) mass is 282 g/mol. The van der Waals surface area contributed by atoms with Crippen molar-refractivity contribution in [1.29, 1.82) is 0 Å². The smallest absolute Gasteiger partial charge is 0.0807 e. The number of hydrogen-bond donors (Lipinski definition) is 0. The van der Waals surface area contributed by atoms with Gasteiger partial charge in [0.2, 0.25) is 0 Å². The molecule has 21 heavy (non-hydrogen) atoms. The number of ether oxygens (including phenoxy) is 1. The zero-order chi connectivity index (χ0) is 15.6. The van der Waals surface area contributed by atoms with Crippen LogP contribution >= 0.6 is 0 Å². The van der Waals surface area contributed by atoms with Crippen LogP contribution in [0.15, 0.2) is 36.4 Å². The van der Waals surface area contributed by atoms with Crippen molar-refractivity contribution < 1.29 is 4.74 Å². The minimum Gasteiger partial charge on any atom is -0.366 e. The Morgan fingerprint density at radius 3 is 1.43 bits per heavy atom. The van der Waals surface area contributed by atoms with E-state index in [-0.39, 0.29) is 12.2 Å². The van der Waals surface area contributed by atoms with Crippen molar-refractivity contribution in [2.45, 2.75) is 53.8 Å². The van der Waals surface area contributed by atoms with Crippen LogP contribution in [0.4, 0.5) is 0 Å². The van der Waals surface area contributed by atoms with Crippen LogP contribution < -0.4 is 0 Å². The van der Waals surface area contributed by atoms with E-state index in [9.17, 15) is 0 Å². The van der Waals surface area contributed by atoms with Crippen molar-refractivity contribution in [2.75, 3.05) is 0 Å². The fourth-order valence-electron chi connectivity index (χ4n) is 2.88.